The lowest BCUT2D eigenvalue weighted by molar-refractivity contribution is -0.141. The summed E-state index contributed by atoms with van der Waals surface area (Å²) < 4.78 is 47.9. The minimum absolute atomic E-state index is 0.134. The topological polar surface area (TPSA) is 76.5 Å². The summed E-state index contributed by atoms with van der Waals surface area (Å²) in [4.78, 5) is 26.7. The molecular weight excluding hydrogens is 497 g/mol. The van der Waals surface area contributed by atoms with Crippen molar-refractivity contribution in [3.05, 3.63) is 69.4 Å². The van der Waals surface area contributed by atoms with Crippen molar-refractivity contribution in [2.24, 2.45) is 0 Å². The Kier molecular flexibility index (Phi) is 7.44. The zero-order valence-corrected chi connectivity index (χ0v) is 20.6. The van der Waals surface area contributed by atoms with Gasteiger partial charge in [-0.25, -0.2) is 9.48 Å². The van der Waals surface area contributed by atoms with Gasteiger partial charge in [0.15, 0.2) is 5.69 Å². The van der Waals surface area contributed by atoms with Crippen molar-refractivity contribution in [2.75, 3.05) is 25.1 Å². The lowest BCUT2D eigenvalue weighted by atomic mass is 10.0. The number of carbonyl (C=O) groups is 2. The maximum absolute atomic E-state index is 14.0. The fourth-order valence-corrected chi connectivity index (χ4v) is 4.65. The van der Waals surface area contributed by atoms with Crippen LogP contribution in [0.2, 0.25) is 0 Å². The van der Waals surface area contributed by atoms with Crippen molar-refractivity contribution in [1.29, 1.82) is 0 Å². The minimum Gasteiger partial charge on any atom is -0.465 e. The van der Waals surface area contributed by atoms with Crippen molar-refractivity contribution in [3.63, 3.8) is 0 Å². The second-order valence-corrected chi connectivity index (χ2v) is 9.18. The average molecular weight is 523 g/mol. The maximum Gasteiger partial charge on any atom is 0.436 e. The van der Waals surface area contributed by atoms with E-state index in [0.717, 1.165) is 12.0 Å². The third kappa shape index (κ3) is 5.28. The number of nitrogens with zero attached hydrogens (tertiary/aromatic N) is 3. The number of aryl methyl sites for hydroxylation is 1. The van der Waals surface area contributed by atoms with Crippen LogP contribution >= 0.6 is 11.6 Å². The molecule has 11 heteroatoms. The highest BCUT2D eigenvalue weighted by atomic mass is 35.5. The zero-order valence-electron chi connectivity index (χ0n) is 19.9. The van der Waals surface area contributed by atoms with E-state index in [9.17, 15) is 22.8 Å². The number of anilines is 1. The molecule has 1 atom stereocenters. The Morgan fingerprint density at radius 1 is 1.22 bits per heavy atom. The Morgan fingerprint density at radius 2 is 1.94 bits per heavy atom. The third-order valence-electron chi connectivity index (χ3n) is 6.26. The number of nitrogens with one attached hydrogen (secondary N) is 1. The van der Waals surface area contributed by atoms with Crippen molar-refractivity contribution in [1.82, 2.24) is 15.1 Å². The van der Waals surface area contributed by atoms with E-state index < -0.39 is 35.4 Å². The number of hydrogen-bond donors (Lipinski definition) is 1. The smallest absolute Gasteiger partial charge is 0.436 e. The lowest BCUT2D eigenvalue weighted by Crippen LogP contribution is -2.36. The molecule has 0 saturated heterocycles. The lowest BCUT2D eigenvalue weighted by Gasteiger charge is -2.31. The van der Waals surface area contributed by atoms with Gasteiger partial charge in [-0.15, -0.1) is 0 Å². The maximum atomic E-state index is 14.0. The van der Waals surface area contributed by atoms with Crippen LogP contribution in [0.15, 0.2) is 47.0 Å². The van der Waals surface area contributed by atoms with E-state index in [-0.39, 0.29) is 18.9 Å². The molecule has 1 aromatic heterocycles. The molecule has 0 radical (unpaired) electrons. The van der Waals surface area contributed by atoms with Crippen molar-refractivity contribution in [2.45, 2.75) is 44.9 Å². The number of carbonyl (C=O) groups excluding carboxylic acids is 2. The molecule has 0 spiro atoms. The summed E-state index contributed by atoms with van der Waals surface area (Å²) in [7, 11) is 1.27. The van der Waals surface area contributed by atoms with Crippen molar-refractivity contribution in [3.8, 4) is 0 Å². The SMILES string of the molecule is COC(=O)c1ccc(C(C)NC(=O)c2c(C(F)(F)F)nn3c2N(CC2=C(Cl)CCC=C2)CCC3)cc1. The number of ether oxygens (including phenoxy) is 1. The first kappa shape index (κ1) is 25.8. The van der Waals surface area contributed by atoms with E-state index in [4.69, 9.17) is 11.6 Å². The Labute approximate surface area is 211 Å². The van der Waals surface area contributed by atoms with E-state index in [1.807, 2.05) is 12.2 Å². The average Bonchev–Trinajstić information content (AvgIpc) is 3.26. The van der Waals surface area contributed by atoms with Crippen LogP contribution in [0.4, 0.5) is 19.0 Å². The monoisotopic (exact) mass is 522 g/mol. The van der Waals surface area contributed by atoms with Crippen LogP contribution in [-0.4, -0.2) is 41.9 Å². The summed E-state index contributed by atoms with van der Waals surface area (Å²) in [6.07, 6.45) is 1.12. The van der Waals surface area contributed by atoms with Gasteiger partial charge in [-0.1, -0.05) is 35.9 Å². The summed E-state index contributed by atoms with van der Waals surface area (Å²) in [5.74, 6) is -1.25. The van der Waals surface area contributed by atoms with Gasteiger partial charge in [-0.2, -0.15) is 18.3 Å². The molecule has 2 aromatic rings. The normalized spacial score (nSPS) is 16.6. The molecule has 7 nitrogen and oxygen atoms in total. The molecule has 192 valence electrons. The molecule has 1 N–H and O–H groups in total. The number of alkyl halides is 3. The molecule has 1 aliphatic heterocycles. The number of fused-ring (bicyclic) bond motifs is 1. The summed E-state index contributed by atoms with van der Waals surface area (Å²) in [6.45, 7) is 2.68. The molecule has 1 aromatic carbocycles. The van der Waals surface area contributed by atoms with E-state index >= 15 is 0 Å². The third-order valence-corrected chi connectivity index (χ3v) is 6.69. The van der Waals surface area contributed by atoms with Gasteiger partial charge in [-0.3, -0.25) is 4.79 Å². The van der Waals surface area contributed by atoms with Crippen LogP contribution in [0, 0.1) is 0 Å². The minimum atomic E-state index is -4.81. The number of hydrogen-bond acceptors (Lipinski definition) is 5. The van der Waals surface area contributed by atoms with Gasteiger partial charge in [0, 0.05) is 24.7 Å². The highest BCUT2D eigenvalue weighted by Gasteiger charge is 2.43. The number of rotatable bonds is 6. The summed E-state index contributed by atoms with van der Waals surface area (Å²) in [6, 6.07) is 5.67. The fraction of sp³-hybridized carbons (Fsp3) is 0.400. The predicted octanol–water partition coefficient (Wildman–Crippen LogP) is 5.23. The molecule has 36 heavy (non-hydrogen) atoms. The Bertz CT molecular complexity index is 1220. The van der Waals surface area contributed by atoms with E-state index in [2.05, 4.69) is 15.2 Å². The number of methoxy groups -OCH3 is 1. The van der Waals surface area contributed by atoms with Gasteiger partial charge in [0.2, 0.25) is 0 Å². The van der Waals surface area contributed by atoms with E-state index in [1.165, 1.54) is 23.9 Å². The number of amides is 1. The van der Waals surface area contributed by atoms with Gasteiger partial charge in [0.25, 0.3) is 5.91 Å². The first-order valence-electron chi connectivity index (χ1n) is 11.6. The largest absolute Gasteiger partial charge is 0.465 e. The van der Waals surface area contributed by atoms with Crippen LogP contribution < -0.4 is 10.2 Å². The molecule has 2 aliphatic rings. The van der Waals surface area contributed by atoms with Crippen LogP contribution in [0.5, 0.6) is 0 Å². The molecule has 4 rings (SSSR count). The van der Waals surface area contributed by atoms with Crippen LogP contribution in [0.25, 0.3) is 0 Å². The van der Waals surface area contributed by atoms with Crippen LogP contribution in [0.1, 0.15) is 64.2 Å². The molecule has 2 heterocycles. The molecule has 1 aliphatic carbocycles. The standard InChI is InChI=1S/C25H26ClF3N4O3/c1-15(16-8-10-17(11-9-16)24(35)36-2)30-22(34)20-21(25(27,28)29)31-33-13-5-12-32(23(20)33)14-18-6-3-4-7-19(18)26/h3,6,8-11,15H,4-5,7,12-14H2,1-2H3,(H,30,34). The molecule has 1 unspecified atom stereocenters. The molecule has 0 bridgehead atoms. The molecule has 0 fully saturated rings. The summed E-state index contributed by atoms with van der Waals surface area (Å²) in [5, 5.41) is 7.13. The van der Waals surface area contributed by atoms with Gasteiger partial charge >= 0.3 is 12.1 Å². The highest BCUT2D eigenvalue weighted by Crippen LogP contribution is 2.38. The number of halogens is 4. The van der Waals surface area contributed by atoms with E-state index in [1.54, 1.807) is 24.0 Å². The van der Waals surface area contributed by atoms with Gasteiger partial charge < -0.3 is 15.0 Å². The fourth-order valence-electron chi connectivity index (χ4n) is 4.42. The van der Waals surface area contributed by atoms with E-state index in [0.29, 0.717) is 35.5 Å². The summed E-state index contributed by atoms with van der Waals surface area (Å²) >= 11 is 6.38. The quantitative estimate of drug-likeness (QED) is 0.526. The molecular formula is C25H26ClF3N4O3. The van der Waals surface area contributed by atoms with Gasteiger partial charge in [0.1, 0.15) is 11.4 Å². The number of esters is 1. The van der Waals surface area contributed by atoms with Crippen LogP contribution in [-0.2, 0) is 17.5 Å². The van der Waals surface area contributed by atoms with Gasteiger partial charge in [-0.05, 0) is 49.5 Å². The van der Waals surface area contributed by atoms with Gasteiger partial charge in [0.05, 0.1) is 18.7 Å². The van der Waals surface area contributed by atoms with Crippen LogP contribution in [0.3, 0.4) is 0 Å². The number of allylic oxidation sites excluding steroid dienone is 2. The number of benzene rings is 1. The Hall–Kier alpha value is -3.27. The zero-order chi connectivity index (χ0) is 26.0. The number of aromatic nitrogens is 2. The summed E-state index contributed by atoms with van der Waals surface area (Å²) in [5.41, 5.74) is 0.0413. The van der Waals surface area contributed by atoms with Crippen molar-refractivity contribution >= 4 is 29.3 Å². The Balaban J connectivity index is 1.66. The second kappa shape index (κ2) is 10.4. The second-order valence-electron chi connectivity index (χ2n) is 8.72. The molecule has 1 amide bonds. The first-order valence-corrected chi connectivity index (χ1v) is 11.9. The van der Waals surface area contributed by atoms with Crippen molar-refractivity contribution < 1.29 is 27.5 Å². The highest BCUT2D eigenvalue weighted by molar-refractivity contribution is 6.30. The Morgan fingerprint density at radius 3 is 2.58 bits per heavy atom. The molecule has 0 saturated carbocycles. The predicted molar refractivity (Wildman–Crippen MR) is 129 cm³/mol. The first-order chi connectivity index (χ1) is 17.1.